The molecular weight excluding hydrogens is 438 g/mol. The number of carbonyl (C=O) groups excluding carboxylic acids is 2. The van der Waals surface area contributed by atoms with Gasteiger partial charge in [0.05, 0.1) is 6.54 Å². The standard InChI is InChI=1S/C25H30ClN5O2/c1-15-7-5-8-18(11-15)14-31-23(32)21-22(28(4)25(31)33)27-24-29(12-16(2)13-30(21)24)20-10-6-9-19(26)17(20)3/h5-11,16,21-22,24,27H,12-14H2,1-4H3. The Kier molecular flexibility index (Phi) is 5.59. The summed E-state index contributed by atoms with van der Waals surface area (Å²) in [5.41, 5.74) is 4.12. The lowest BCUT2D eigenvalue weighted by Gasteiger charge is -2.46. The van der Waals surface area contributed by atoms with Crippen LogP contribution in [0.4, 0.5) is 10.5 Å². The van der Waals surface area contributed by atoms with Gasteiger partial charge in [0, 0.05) is 30.8 Å². The summed E-state index contributed by atoms with van der Waals surface area (Å²) < 4.78 is 0. The van der Waals surface area contributed by atoms with Crippen LogP contribution in [0.2, 0.25) is 5.02 Å². The smallest absolute Gasteiger partial charge is 0.328 e. The van der Waals surface area contributed by atoms with Crippen molar-refractivity contribution in [2.45, 2.75) is 45.8 Å². The number of aryl methyl sites for hydroxylation is 1. The summed E-state index contributed by atoms with van der Waals surface area (Å²) >= 11 is 6.43. The normalized spacial score (nSPS) is 27.7. The molecule has 0 aliphatic carbocycles. The average molecular weight is 468 g/mol. The van der Waals surface area contributed by atoms with Crippen molar-refractivity contribution in [1.29, 1.82) is 0 Å². The van der Waals surface area contributed by atoms with Gasteiger partial charge in [-0.1, -0.05) is 54.4 Å². The molecule has 4 atom stereocenters. The van der Waals surface area contributed by atoms with Gasteiger partial charge in [-0.25, -0.2) is 4.79 Å². The Labute approximate surface area is 199 Å². The van der Waals surface area contributed by atoms with Crippen LogP contribution < -0.4 is 10.2 Å². The summed E-state index contributed by atoms with van der Waals surface area (Å²) in [4.78, 5) is 34.5. The van der Waals surface area contributed by atoms with E-state index in [9.17, 15) is 9.59 Å². The van der Waals surface area contributed by atoms with Crippen LogP contribution in [0.1, 0.15) is 23.6 Å². The molecule has 3 saturated heterocycles. The minimum atomic E-state index is -0.438. The molecule has 2 aromatic rings. The first-order valence-corrected chi connectivity index (χ1v) is 11.8. The third kappa shape index (κ3) is 3.68. The number of urea groups is 1. The van der Waals surface area contributed by atoms with E-state index in [1.54, 1.807) is 11.9 Å². The fourth-order valence-corrected chi connectivity index (χ4v) is 5.62. The monoisotopic (exact) mass is 467 g/mol. The Bertz CT molecular complexity index is 1110. The predicted molar refractivity (Wildman–Crippen MR) is 129 cm³/mol. The van der Waals surface area contributed by atoms with Crippen molar-refractivity contribution in [3.05, 3.63) is 64.2 Å². The van der Waals surface area contributed by atoms with Crippen molar-refractivity contribution in [2.24, 2.45) is 5.92 Å². The van der Waals surface area contributed by atoms with E-state index < -0.39 is 6.04 Å². The highest BCUT2D eigenvalue weighted by Crippen LogP contribution is 2.37. The predicted octanol–water partition coefficient (Wildman–Crippen LogP) is 3.39. The zero-order chi connectivity index (χ0) is 23.4. The highest BCUT2D eigenvalue weighted by Gasteiger charge is 2.56. The van der Waals surface area contributed by atoms with Crippen LogP contribution in [-0.4, -0.2) is 65.3 Å². The van der Waals surface area contributed by atoms with Crippen molar-refractivity contribution < 1.29 is 9.59 Å². The number of hydrogen-bond donors (Lipinski definition) is 1. The number of anilines is 1. The first kappa shape index (κ1) is 22.2. The van der Waals surface area contributed by atoms with Gasteiger partial charge in [0.2, 0.25) is 0 Å². The second kappa shape index (κ2) is 8.31. The molecule has 3 fully saturated rings. The number of rotatable bonds is 3. The first-order valence-electron chi connectivity index (χ1n) is 11.4. The van der Waals surface area contributed by atoms with Gasteiger partial charge in [-0.15, -0.1) is 0 Å². The molecule has 5 rings (SSSR count). The van der Waals surface area contributed by atoms with Crippen molar-refractivity contribution >= 4 is 29.2 Å². The molecule has 3 heterocycles. The summed E-state index contributed by atoms with van der Waals surface area (Å²) in [7, 11) is 1.78. The molecule has 2 aromatic carbocycles. The van der Waals surface area contributed by atoms with Crippen molar-refractivity contribution in [3.8, 4) is 0 Å². The SMILES string of the molecule is Cc1cccc(CN2C(=O)C3C(NC4N(c5cccc(Cl)c5C)CC(C)CN34)N(C)C2=O)c1. The fourth-order valence-electron chi connectivity index (χ4n) is 5.45. The Morgan fingerprint density at radius 1 is 1.09 bits per heavy atom. The average Bonchev–Trinajstić information content (AvgIpc) is 3.16. The first-order chi connectivity index (χ1) is 15.8. The van der Waals surface area contributed by atoms with Gasteiger partial charge in [-0.2, -0.15) is 0 Å². The molecule has 1 N–H and O–H groups in total. The van der Waals surface area contributed by atoms with Crippen LogP contribution in [0.25, 0.3) is 0 Å². The summed E-state index contributed by atoms with van der Waals surface area (Å²) in [5, 5.41) is 4.30. The quantitative estimate of drug-likeness (QED) is 0.749. The lowest BCUT2D eigenvalue weighted by atomic mass is 10.0. The third-order valence-corrected chi connectivity index (χ3v) is 7.47. The van der Waals surface area contributed by atoms with Crippen LogP contribution in [-0.2, 0) is 11.3 Å². The highest BCUT2D eigenvalue weighted by atomic mass is 35.5. The Morgan fingerprint density at radius 2 is 1.85 bits per heavy atom. The summed E-state index contributed by atoms with van der Waals surface area (Å²) in [6.45, 7) is 8.13. The molecule has 0 radical (unpaired) electrons. The maximum Gasteiger partial charge on any atom is 0.328 e. The fraction of sp³-hybridized carbons (Fsp3) is 0.440. The van der Waals surface area contributed by atoms with Crippen molar-refractivity contribution in [1.82, 2.24) is 20.0 Å². The number of halogens is 1. The minimum Gasteiger partial charge on any atom is -0.343 e. The molecule has 0 spiro atoms. The lowest BCUT2D eigenvalue weighted by Crippen LogP contribution is -2.66. The number of likely N-dealkylation sites (N-methyl/N-ethyl adjacent to an activating group) is 1. The van der Waals surface area contributed by atoms with E-state index in [1.165, 1.54) is 4.90 Å². The van der Waals surface area contributed by atoms with Gasteiger partial charge < -0.3 is 9.80 Å². The molecule has 3 aliphatic heterocycles. The van der Waals surface area contributed by atoms with Gasteiger partial charge in [0.1, 0.15) is 18.5 Å². The second-order valence-corrected chi connectivity index (χ2v) is 9.98. The number of nitrogens with zero attached hydrogens (tertiary/aromatic N) is 4. The van der Waals surface area contributed by atoms with E-state index in [-0.39, 0.29) is 30.9 Å². The zero-order valence-electron chi connectivity index (χ0n) is 19.5. The molecule has 3 aliphatic rings. The molecule has 7 nitrogen and oxygen atoms in total. The minimum absolute atomic E-state index is 0.142. The van der Waals surface area contributed by atoms with Gasteiger partial charge in [0.25, 0.3) is 5.91 Å². The molecule has 174 valence electrons. The molecule has 0 aromatic heterocycles. The van der Waals surface area contributed by atoms with E-state index in [2.05, 4.69) is 28.1 Å². The number of fused-ring (bicyclic) bond motifs is 3. The molecule has 33 heavy (non-hydrogen) atoms. The summed E-state index contributed by atoms with van der Waals surface area (Å²) in [6.07, 6.45) is -0.567. The van der Waals surface area contributed by atoms with Gasteiger partial charge in [-0.3, -0.25) is 19.9 Å². The van der Waals surface area contributed by atoms with Gasteiger partial charge >= 0.3 is 6.03 Å². The van der Waals surface area contributed by atoms with Crippen molar-refractivity contribution in [3.63, 3.8) is 0 Å². The van der Waals surface area contributed by atoms with Gasteiger partial charge in [-0.05, 0) is 43.0 Å². The van der Waals surface area contributed by atoms with Crippen LogP contribution >= 0.6 is 11.6 Å². The molecule has 8 heteroatoms. The number of imide groups is 1. The second-order valence-electron chi connectivity index (χ2n) is 9.58. The number of nitrogens with one attached hydrogen (secondary N) is 1. The number of amides is 3. The number of benzene rings is 2. The van der Waals surface area contributed by atoms with Crippen molar-refractivity contribution in [2.75, 3.05) is 25.0 Å². The van der Waals surface area contributed by atoms with E-state index in [1.807, 2.05) is 50.2 Å². The molecule has 3 amide bonds. The van der Waals surface area contributed by atoms with E-state index in [0.29, 0.717) is 5.92 Å². The molecule has 4 unspecified atom stereocenters. The highest BCUT2D eigenvalue weighted by molar-refractivity contribution is 6.31. The summed E-state index contributed by atoms with van der Waals surface area (Å²) in [6, 6.07) is 13.2. The largest absolute Gasteiger partial charge is 0.343 e. The molecule has 0 bridgehead atoms. The van der Waals surface area contributed by atoms with Crippen LogP contribution in [0.5, 0.6) is 0 Å². The maximum absolute atomic E-state index is 13.7. The number of carbonyl (C=O) groups is 2. The topological polar surface area (TPSA) is 59.1 Å². The van der Waals surface area contributed by atoms with Crippen LogP contribution in [0, 0.1) is 19.8 Å². The van der Waals surface area contributed by atoms with Crippen LogP contribution in [0.15, 0.2) is 42.5 Å². The van der Waals surface area contributed by atoms with E-state index in [0.717, 1.165) is 40.5 Å². The van der Waals surface area contributed by atoms with E-state index >= 15 is 0 Å². The Balaban J connectivity index is 1.48. The van der Waals surface area contributed by atoms with Gasteiger partial charge in [0.15, 0.2) is 0 Å². The number of hydrogen-bond acceptors (Lipinski definition) is 5. The molecule has 0 saturated carbocycles. The summed E-state index contributed by atoms with van der Waals surface area (Å²) in [5.74, 6) is 0.206. The molecular formula is C25H30ClN5O2. The maximum atomic E-state index is 13.7. The third-order valence-electron chi connectivity index (χ3n) is 7.06. The van der Waals surface area contributed by atoms with Crippen LogP contribution in [0.3, 0.4) is 0 Å². The lowest BCUT2D eigenvalue weighted by molar-refractivity contribution is -0.139. The zero-order valence-corrected chi connectivity index (χ0v) is 20.2. The Morgan fingerprint density at radius 3 is 2.61 bits per heavy atom. The van der Waals surface area contributed by atoms with E-state index in [4.69, 9.17) is 11.6 Å². The Hall–Kier alpha value is -2.61.